The zero-order chi connectivity index (χ0) is 10.6. The van der Waals surface area contributed by atoms with Gasteiger partial charge in [0.2, 0.25) is 5.78 Å². The quantitative estimate of drug-likeness (QED) is 0.675. The normalized spacial score (nSPS) is 14.9. The third kappa shape index (κ3) is 1.04. The first-order chi connectivity index (χ1) is 7.18. The minimum atomic E-state index is 0.0813. The second kappa shape index (κ2) is 2.76. The number of aromatic nitrogens is 2. The van der Waals surface area contributed by atoms with E-state index >= 15 is 0 Å². The standard InChI is InChI=1S/C10H9N3OS/c1-5-12-10-9(15-5)6-3-11-4-7(14)8(6)13(10)2/h3H,4H2,1-2H3. The van der Waals surface area contributed by atoms with Crippen LogP contribution in [0.2, 0.25) is 0 Å². The van der Waals surface area contributed by atoms with Crippen molar-refractivity contribution >= 4 is 33.7 Å². The Morgan fingerprint density at radius 3 is 3.13 bits per heavy atom. The van der Waals surface area contributed by atoms with Gasteiger partial charge in [-0.15, -0.1) is 11.3 Å². The monoisotopic (exact) mass is 219 g/mol. The highest BCUT2D eigenvalue weighted by Gasteiger charge is 2.24. The zero-order valence-electron chi connectivity index (χ0n) is 8.44. The maximum absolute atomic E-state index is 11.7. The molecule has 2 aromatic heterocycles. The molecule has 2 aromatic rings. The van der Waals surface area contributed by atoms with Gasteiger partial charge in [-0.3, -0.25) is 9.79 Å². The topological polar surface area (TPSA) is 47.2 Å². The lowest BCUT2D eigenvalue weighted by Crippen LogP contribution is -2.15. The fourth-order valence-corrected chi connectivity index (χ4v) is 2.93. The smallest absolute Gasteiger partial charge is 0.201 e. The largest absolute Gasteiger partial charge is 0.325 e. The Labute approximate surface area is 90.3 Å². The van der Waals surface area contributed by atoms with E-state index in [1.165, 1.54) is 0 Å². The van der Waals surface area contributed by atoms with Crippen molar-refractivity contribution in [1.29, 1.82) is 0 Å². The van der Waals surface area contributed by atoms with Crippen LogP contribution in [0.3, 0.4) is 0 Å². The minimum Gasteiger partial charge on any atom is -0.325 e. The number of fused-ring (bicyclic) bond motifs is 3. The molecule has 0 saturated carbocycles. The van der Waals surface area contributed by atoms with Gasteiger partial charge in [0.05, 0.1) is 15.4 Å². The van der Waals surface area contributed by atoms with Crippen LogP contribution in [0.1, 0.15) is 21.1 Å². The molecule has 0 spiro atoms. The van der Waals surface area contributed by atoms with Gasteiger partial charge < -0.3 is 4.57 Å². The molecule has 0 bridgehead atoms. The van der Waals surface area contributed by atoms with E-state index in [2.05, 4.69) is 9.98 Å². The SMILES string of the molecule is Cc1nc2c(s1)c1c(n2C)C(=O)CN=C1. The molecule has 0 atom stereocenters. The molecule has 3 rings (SSSR count). The molecule has 3 heterocycles. The van der Waals surface area contributed by atoms with E-state index in [1.807, 2.05) is 18.5 Å². The summed E-state index contributed by atoms with van der Waals surface area (Å²) in [4.78, 5) is 20.2. The number of carbonyl (C=O) groups is 1. The summed E-state index contributed by atoms with van der Waals surface area (Å²) >= 11 is 1.61. The van der Waals surface area contributed by atoms with Gasteiger partial charge in [-0.1, -0.05) is 0 Å². The number of aryl methyl sites for hydroxylation is 2. The molecule has 0 saturated heterocycles. The highest BCUT2D eigenvalue weighted by Crippen LogP contribution is 2.30. The van der Waals surface area contributed by atoms with Crippen molar-refractivity contribution in [3.63, 3.8) is 0 Å². The molecule has 0 aliphatic carbocycles. The van der Waals surface area contributed by atoms with Crippen molar-refractivity contribution in [2.75, 3.05) is 6.54 Å². The van der Waals surface area contributed by atoms with E-state index in [4.69, 9.17) is 0 Å². The van der Waals surface area contributed by atoms with Gasteiger partial charge in [0.15, 0.2) is 5.65 Å². The molecule has 0 amide bonds. The van der Waals surface area contributed by atoms with Gasteiger partial charge >= 0.3 is 0 Å². The molecule has 15 heavy (non-hydrogen) atoms. The van der Waals surface area contributed by atoms with Crippen LogP contribution in [0.4, 0.5) is 0 Å². The molecule has 4 nitrogen and oxygen atoms in total. The van der Waals surface area contributed by atoms with Crippen molar-refractivity contribution < 1.29 is 4.79 Å². The van der Waals surface area contributed by atoms with E-state index < -0.39 is 0 Å². The molecule has 5 heteroatoms. The lowest BCUT2D eigenvalue weighted by atomic mass is 10.1. The van der Waals surface area contributed by atoms with Crippen LogP contribution < -0.4 is 0 Å². The Morgan fingerprint density at radius 2 is 2.33 bits per heavy atom. The lowest BCUT2D eigenvalue weighted by molar-refractivity contribution is 0.0993. The summed E-state index contributed by atoms with van der Waals surface area (Å²) in [6.07, 6.45) is 1.79. The van der Waals surface area contributed by atoms with E-state index in [9.17, 15) is 4.79 Å². The van der Waals surface area contributed by atoms with E-state index in [0.717, 1.165) is 26.6 Å². The summed E-state index contributed by atoms with van der Waals surface area (Å²) in [6, 6.07) is 0. The van der Waals surface area contributed by atoms with Gasteiger partial charge in [-0.2, -0.15) is 0 Å². The van der Waals surface area contributed by atoms with Gasteiger partial charge in [-0.25, -0.2) is 4.98 Å². The number of hydrogen-bond donors (Lipinski definition) is 0. The summed E-state index contributed by atoms with van der Waals surface area (Å²) in [7, 11) is 1.89. The van der Waals surface area contributed by atoms with Crippen LogP contribution in [-0.4, -0.2) is 28.1 Å². The third-order valence-electron chi connectivity index (χ3n) is 2.59. The minimum absolute atomic E-state index is 0.0813. The van der Waals surface area contributed by atoms with Crippen molar-refractivity contribution in [3.8, 4) is 0 Å². The fourth-order valence-electron chi connectivity index (χ4n) is 1.96. The highest BCUT2D eigenvalue weighted by molar-refractivity contribution is 7.18. The summed E-state index contributed by atoms with van der Waals surface area (Å²) < 4.78 is 2.95. The predicted octanol–water partition coefficient (Wildman–Crippen LogP) is 1.56. The molecule has 0 radical (unpaired) electrons. The van der Waals surface area contributed by atoms with E-state index in [0.29, 0.717) is 0 Å². The van der Waals surface area contributed by atoms with Crippen molar-refractivity contribution in [3.05, 3.63) is 16.3 Å². The molecular formula is C10H9N3OS. The number of rotatable bonds is 0. The van der Waals surface area contributed by atoms with Gasteiger partial charge in [0.25, 0.3) is 0 Å². The van der Waals surface area contributed by atoms with Gasteiger partial charge in [0.1, 0.15) is 6.54 Å². The Morgan fingerprint density at radius 1 is 1.53 bits per heavy atom. The van der Waals surface area contributed by atoms with Crippen molar-refractivity contribution in [1.82, 2.24) is 9.55 Å². The van der Waals surface area contributed by atoms with Crippen molar-refractivity contribution in [2.45, 2.75) is 6.92 Å². The summed E-state index contributed by atoms with van der Waals surface area (Å²) in [5.41, 5.74) is 2.58. The first-order valence-corrected chi connectivity index (χ1v) is 5.49. The van der Waals surface area contributed by atoms with Gasteiger partial charge in [-0.05, 0) is 6.92 Å². The number of nitrogens with zero attached hydrogens (tertiary/aromatic N) is 3. The van der Waals surface area contributed by atoms with Crippen LogP contribution in [0.5, 0.6) is 0 Å². The molecular weight excluding hydrogens is 210 g/mol. The average Bonchev–Trinajstić information content (AvgIpc) is 2.68. The van der Waals surface area contributed by atoms with Crippen LogP contribution in [-0.2, 0) is 7.05 Å². The van der Waals surface area contributed by atoms with Gasteiger partial charge in [0, 0.05) is 18.8 Å². The number of Topliss-reactive ketones (excluding diaryl/α,β-unsaturated/α-hetero) is 1. The first-order valence-electron chi connectivity index (χ1n) is 4.67. The number of carbonyl (C=O) groups excluding carboxylic acids is 1. The molecule has 0 N–H and O–H groups in total. The number of aliphatic imine (C=N–C) groups is 1. The average molecular weight is 219 g/mol. The Hall–Kier alpha value is -1.49. The van der Waals surface area contributed by atoms with E-state index in [-0.39, 0.29) is 12.3 Å². The Kier molecular flexibility index (Phi) is 1.62. The summed E-state index contributed by atoms with van der Waals surface area (Å²) in [6.45, 7) is 2.23. The molecule has 1 aliphatic heterocycles. The number of thiazole rings is 1. The molecule has 1 aliphatic rings. The Balaban J connectivity index is 2.48. The van der Waals surface area contributed by atoms with Crippen LogP contribution in [0.15, 0.2) is 4.99 Å². The first kappa shape index (κ1) is 8.79. The molecule has 0 fully saturated rings. The number of ketones is 1. The maximum Gasteiger partial charge on any atom is 0.201 e. The second-order valence-corrected chi connectivity index (χ2v) is 4.80. The summed E-state index contributed by atoms with van der Waals surface area (Å²) in [5.74, 6) is 0.0813. The molecule has 0 aromatic carbocycles. The maximum atomic E-state index is 11.7. The third-order valence-corrected chi connectivity index (χ3v) is 3.58. The van der Waals surface area contributed by atoms with Crippen LogP contribution in [0, 0.1) is 6.92 Å². The molecule has 76 valence electrons. The highest BCUT2D eigenvalue weighted by atomic mass is 32.1. The van der Waals surface area contributed by atoms with Crippen LogP contribution >= 0.6 is 11.3 Å². The number of hydrogen-bond acceptors (Lipinski definition) is 4. The Bertz CT molecular complexity index is 606. The lowest BCUT2D eigenvalue weighted by Gasteiger charge is -2.06. The zero-order valence-corrected chi connectivity index (χ0v) is 9.26. The fraction of sp³-hybridized carbons (Fsp3) is 0.300. The van der Waals surface area contributed by atoms with E-state index in [1.54, 1.807) is 17.6 Å². The second-order valence-electron chi connectivity index (χ2n) is 3.60. The molecule has 0 unspecified atom stereocenters. The van der Waals surface area contributed by atoms with Crippen LogP contribution in [0.25, 0.3) is 10.3 Å². The predicted molar refractivity (Wildman–Crippen MR) is 60.1 cm³/mol. The summed E-state index contributed by atoms with van der Waals surface area (Å²) in [5, 5.41) is 1.02. The van der Waals surface area contributed by atoms with Crippen molar-refractivity contribution in [2.24, 2.45) is 12.0 Å².